The molecule has 1 aromatic heterocycles. The van der Waals surface area contributed by atoms with Crippen LogP contribution in [0.25, 0.3) is 11.1 Å². The van der Waals surface area contributed by atoms with Gasteiger partial charge in [-0.05, 0) is 53.1 Å². The van der Waals surface area contributed by atoms with Gasteiger partial charge in [-0.1, -0.05) is 55.4 Å². The van der Waals surface area contributed by atoms with Gasteiger partial charge in [0.2, 0.25) is 0 Å². The van der Waals surface area contributed by atoms with Crippen LogP contribution in [0.1, 0.15) is 13.0 Å². The highest BCUT2D eigenvalue weighted by Gasteiger charge is 2.15. The van der Waals surface area contributed by atoms with Crippen LogP contribution in [-0.4, -0.2) is 25.9 Å². The van der Waals surface area contributed by atoms with Crippen molar-refractivity contribution in [3.8, 4) is 16.9 Å². The van der Waals surface area contributed by atoms with Crippen molar-refractivity contribution in [1.29, 1.82) is 0 Å². The molecule has 0 aliphatic carbocycles. The standard InChI is InChI=1S/C24H20ClN3O4S2.CH4/c25-20-7-9-21(10-8-20)32-16-23(29)27-15-17-1-3-18(4-2-17)19-5-11-22(12-6-19)34(30,31)28-24-26-13-14-33-24;/h1-14H,15-16H2,(H,26,28)(H,27,29);1H4. The SMILES string of the molecule is C.O=C(COc1ccc(Cl)cc1)NCc1ccc(-c2ccc(S(=O)(=O)Nc3nccs3)cc2)cc1. The van der Waals surface area contributed by atoms with Gasteiger partial charge in [-0.15, -0.1) is 11.3 Å². The summed E-state index contributed by atoms with van der Waals surface area (Å²) >= 11 is 7.04. The van der Waals surface area contributed by atoms with Gasteiger partial charge < -0.3 is 10.1 Å². The molecule has 0 fully saturated rings. The maximum atomic E-state index is 12.5. The van der Waals surface area contributed by atoms with Crippen molar-refractivity contribution in [3.05, 3.63) is 95.0 Å². The number of hydrogen-bond donors (Lipinski definition) is 2. The lowest BCUT2D eigenvalue weighted by Gasteiger charge is -2.09. The first-order chi connectivity index (χ1) is 16.4. The van der Waals surface area contributed by atoms with Gasteiger partial charge in [0.05, 0.1) is 4.90 Å². The van der Waals surface area contributed by atoms with Gasteiger partial charge >= 0.3 is 0 Å². The molecular weight excluding hydrogens is 506 g/mol. The number of anilines is 1. The molecule has 0 aliphatic heterocycles. The number of rotatable bonds is 9. The first-order valence-electron chi connectivity index (χ1n) is 10.2. The van der Waals surface area contributed by atoms with Crippen LogP contribution in [0.4, 0.5) is 5.13 Å². The second-order valence-electron chi connectivity index (χ2n) is 7.18. The molecule has 0 saturated heterocycles. The molecular formula is C25H24ClN3O4S2. The molecule has 1 amide bonds. The van der Waals surface area contributed by atoms with E-state index in [1.165, 1.54) is 17.5 Å². The summed E-state index contributed by atoms with van der Waals surface area (Å²) in [5.74, 6) is 0.337. The van der Waals surface area contributed by atoms with E-state index in [9.17, 15) is 13.2 Å². The average Bonchev–Trinajstić information content (AvgIpc) is 3.35. The van der Waals surface area contributed by atoms with Crippen molar-refractivity contribution in [3.63, 3.8) is 0 Å². The lowest BCUT2D eigenvalue weighted by atomic mass is 10.0. The highest BCUT2D eigenvalue weighted by molar-refractivity contribution is 7.93. The Bertz CT molecular complexity index is 1340. The first kappa shape index (κ1) is 26.2. The van der Waals surface area contributed by atoms with Gasteiger partial charge in [0.25, 0.3) is 15.9 Å². The summed E-state index contributed by atoms with van der Waals surface area (Å²) in [6, 6.07) is 21.1. The Morgan fingerprint density at radius 2 is 1.57 bits per heavy atom. The average molecular weight is 530 g/mol. The minimum Gasteiger partial charge on any atom is -0.484 e. The number of thiazole rings is 1. The van der Waals surface area contributed by atoms with E-state index in [1.807, 2.05) is 24.3 Å². The quantitative estimate of drug-likeness (QED) is 0.294. The fourth-order valence-corrected chi connectivity index (χ4v) is 4.94. The van der Waals surface area contributed by atoms with Crippen LogP contribution in [-0.2, 0) is 21.4 Å². The predicted molar refractivity (Wildman–Crippen MR) is 140 cm³/mol. The smallest absolute Gasteiger partial charge is 0.263 e. The molecule has 7 nitrogen and oxygen atoms in total. The number of sulfonamides is 1. The molecule has 2 N–H and O–H groups in total. The van der Waals surface area contributed by atoms with Gasteiger partial charge in [-0.25, -0.2) is 13.4 Å². The van der Waals surface area contributed by atoms with Gasteiger partial charge in [0, 0.05) is 23.1 Å². The summed E-state index contributed by atoms with van der Waals surface area (Å²) in [6.45, 7) is 0.273. The maximum absolute atomic E-state index is 12.5. The lowest BCUT2D eigenvalue weighted by molar-refractivity contribution is -0.123. The van der Waals surface area contributed by atoms with Crippen LogP contribution in [0.5, 0.6) is 5.75 Å². The monoisotopic (exact) mass is 529 g/mol. The number of benzene rings is 3. The van der Waals surface area contributed by atoms with Crippen molar-refractivity contribution in [2.45, 2.75) is 18.9 Å². The molecule has 1 heterocycles. The Balaban J connectivity index is 0.00000342. The Hall–Kier alpha value is -3.40. The zero-order chi connectivity index (χ0) is 24.0. The molecule has 0 atom stereocenters. The van der Waals surface area contributed by atoms with E-state index in [0.29, 0.717) is 22.4 Å². The van der Waals surface area contributed by atoms with E-state index in [0.717, 1.165) is 16.7 Å². The van der Waals surface area contributed by atoms with Crippen LogP contribution < -0.4 is 14.8 Å². The van der Waals surface area contributed by atoms with Gasteiger partial charge in [0.15, 0.2) is 11.7 Å². The molecule has 3 aromatic carbocycles. The zero-order valence-electron chi connectivity index (χ0n) is 17.8. The molecule has 0 spiro atoms. The molecule has 0 bridgehead atoms. The summed E-state index contributed by atoms with van der Waals surface area (Å²) in [4.78, 5) is 16.1. The second kappa shape index (κ2) is 11.8. The van der Waals surface area contributed by atoms with Crippen molar-refractivity contribution >= 4 is 44.0 Å². The fourth-order valence-electron chi connectivity index (χ4n) is 3.02. The van der Waals surface area contributed by atoms with Gasteiger partial charge in [0.1, 0.15) is 5.75 Å². The van der Waals surface area contributed by atoms with E-state index in [-0.39, 0.29) is 24.8 Å². The van der Waals surface area contributed by atoms with Crippen LogP contribution in [0.3, 0.4) is 0 Å². The Morgan fingerprint density at radius 3 is 2.17 bits per heavy atom. The number of nitrogens with one attached hydrogen (secondary N) is 2. The van der Waals surface area contributed by atoms with E-state index >= 15 is 0 Å². The minimum absolute atomic E-state index is 0. The third kappa shape index (κ3) is 7.29. The van der Waals surface area contributed by atoms with Crippen LogP contribution in [0, 0.1) is 0 Å². The number of amides is 1. The van der Waals surface area contributed by atoms with Gasteiger partial charge in [-0.3, -0.25) is 9.52 Å². The van der Waals surface area contributed by atoms with E-state index in [2.05, 4.69) is 15.0 Å². The molecule has 0 saturated carbocycles. The molecule has 0 radical (unpaired) electrons. The molecule has 4 aromatic rings. The van der Waals surface area contributed by atoms with Crippen molar-refractivity contribution in [2.24, 2.45) is 0 Å². The van der Waals surface area contributed by atoms with Gasteiger partial charge in [-0.2, -0.15) is 0 Å². The molecule has 10 heteroatoms. The maximum Gasteiger partial charge on any atom is 0.263 e. The number of ether oxygens (including phenoxy) is 1. The highest BCUT2D eigenvalue weighted by atomic mass is 35.5. The molecule has 182 valence electrons. The second-order valence-corrected chi connectivity index (χ2v) is 10.2. The molecule has 0 aliphatic rings. The fraction of sp³-hybridized carbons (Fsp3) is 0.120. The summed E-state index contributed by atoms with van der Waals surface area (Å²) < 4.78 is 32.8. The predicted octanol–water partition coefficient (Wildman–Crippen LogP) is 5.60. The Kier molecular flexibility index (Phi) is 8.86. The molecule has 35 heavy (non-hydrogen) atoms. The normalized spacial score (nSPS) is 10.8. The largest absolute Gasteiger partial charge is 0.484 e. The number of aromatic nitrogens is 1. The number of halogens is 1. The Morgan fingerprint density at radius 1 is 0.943 bits per heavy atom. The summed E-state index contributed by atoms with van der Waals surface area (Å²) in [5, 5.41) is 5.44. The minimum atomic E-state index is -3.69. The topological polar surface area (TPSA) is 97.4 Å². The van der Waals surface area contributed by atoms with Crippen molar-refractivity contribution in [2.75, 3.05) is 11.3 Å². The van der Waals surface area contributed by atoms with Crippen molar-refractivity contribution in [1.82, 2.24) is 10.3 Å². The number of carbonyl (C=O) groups excluding carboxylic acids is 1. The summed E-state index contributed by atoms with van der Waals surface area (Å²) in [5.41, 5.74) is 2.73. The van der Waals surface area contributed by atoms with E-state index < -0.39 is 10.0 Å². The summed E-state index contributed by atoms with van der Waals surface area (Å²) in [7, 11) is -3.69. The molecule has 0 unspecified atom stereocenters. The van der Waals surface area contributed by atoms with E-state index in [1.54, 1.807) is 53.9 Å². The third-order valence-electron chi connectivity index (χ3n) is 4.78. The van der Waals surface area contributed by atoms with Crippen LogP contribution >= 0.6 is 22.9 Å². The third-order valence-corrected chi connectivity index (χ3v) is 7.20. The van der Waals surface area contributed by atoms with Crippen LogP contribution in [0.15, 0.2) is 89.3 Å². The zero-order valence-corrected chi connectivity index (χ0v) is 20.2. The summed E-state index contributed by atoms with van der Waals surface area (Å²) in [6.07, 6.45) is 1.54. The number of carbonyl (C=O) groups is 1. The lowest BCUT2D eigenvalue weighted by Crippen LogP contribution is -2.28. The highest BCUT2D eigenvalue weighted by Crippen LogP contribution is 2.24. The first-order valence-corrected chi connectivity index (χ1v) is 12.9. The number of hydrogen-bond acceptors (Lipinski definition) is 6. The van der Waals surface area contributed by atoms with Crippen molar-refractivity contribution < 1.29 is 17.9 Å². The Labute approximate surface area is 213 Å². The van der Waals surface area contributed by atoms with Crippen LogP contribution in [0.2, 0.25) is 5.02 Å². The number of nitrogens with zero attached hydrogens (tertiary/aromatic N) is 1. The van der Waals surface area contributed by atoms with E-state index in [4.69, 9.17) is 16.3 Å². The molecule has 4 rings (SSSR count).